The number of carbonyl (C=O) groups excluding carboxylic acids is 3. The standard InChI is InChI=1S/C18H24N2O3/c1-11-6-7-14(8-12(11)2)13(3)19-15(21)10-20-16(22)9-18(4,5)17(20)23/h6-8,13H,9-10H2,1-5H3,(H,19,21)/t13-/m0/s1. The lowest BCUT2D eigenvalue weighted by molar-refractivity contribution is -0.144. The van der Waals surface area contributed by atoms with Gasteiger partial charge in [0.2, 0.25) is 17.7 Å². The molecule has 0 spiro atoms. The third-order valence-corrected chi connectivity index (χ3v) is 4.43. The molecule has 1 atom stereocenters. The highest BCUT2D eigenvalue weighted by Crippen LogP contribution is 2.31. The molecule has 23 heavy (non-hydrogen) atoms. The predicted octanol–water partition coefficient (Wildman–Crippen LogP) is 2.27. The Morgan fingerprint density at radius 3 is 2.43 bits per heavy atom. The monoisotopic (exact) mass is 316 g/mol. The van der Waals surface area contributed by atoms with Gasteiger partial charge in [0.15, 0.2) is 0 Å². The van der Waals surface area contributed by atoms with Crippen molar-refractivity contribution < 1.29 is 14.4 Å². The second-order valence-electron chi connectivity index (χ2n) is 6.98. The quantitative estimate of drug-likeness (QED) is 0.867. The zero-order valence-electron chi connectivity index (χ0n) is 14.4. The molecule has 0 saturated carbocycles. The van der Waals surface area contributed by atoms with Crippen molar-refractivity contribution in [3.05, 3.63) is 34.9 Å². The molecule has 1 N–H and O–H groups in total. The predicted molar refractivity (Wildman–Crippen MR) is 87.6 cm³/mol. The van der Waals surface area contributed by atoms with Gasteiger partial charge in [-0.1, -0.05) is 32.0 Å². The van der Waals surface area contributed by atoms with Gasteiger partial charge >= 0.3 is 0 Å². The van der Waals surface area contributed by atoms with Crippen molar-refractivity contribution in [1.82, 2.24) is 10.2 Å². The van der Waals surface area contributed by atoms with E-state index in [4.69, 9.17) is 0 Å². The van der Waals surface area contributed by atoms with Crippen LogP contribution in [0.3, 0.4) is 0 Å². The van der Waals surface area contributed by atoms with Gasteiger partial charge < -0.3 is 5.32 Å². The summed E-state index contributed by atoms with van der Waals surface area (Å²) in [7, 11) is 0. The molecule has 0 aromatic heterocycles. The zero-order valence-corrected chi connectivity index (χ0v) is 14.4. The zero-order chi connectivity index (χ0) is 17.4. The normalized spacial score (nSPS) is 18.2. The minimum atomic E-state index is -0.711. The summed E-state index contributed by atoms with van der Waals surface area (Å²) in [6.07, 6.45) is 0.159. The molecule has 124 valence electrons. The topological polar surface area (TPSA) is 66.5 Å². The molecular formula is C18H24N2O3. The number of nitrogens with one attached hydrogen (secondary N) is 1. The van der Waals surface area contributed by atoms with E-state index in [9.17, 15) is 14.4 Å². The molecule has 1 aromatic rings. The summed E-state index contributed by atoms with van der Waals surface area (Å²) in [6, 6.07) is 5.85. The summed E-state index contributed by atoms with van der Waals surface area (Å²) < 4.78 is 0. The minimum absolute atomic E-state index is 0.159. The van der Waals surface area contributed by atoms with Crippen LogP contribution in [0.2, 0.25) is 0 Å². The molecule has 1 aromatic carbocycles. The summed E-state index contributed by atoms with van der Waals surface area (Å²) in [5.74, 6) is -0.888. The van der Waals surface area contributed by atoms with E-state index in [-0.39, 0.29) is 36.7 Å². The molecule has 1 aliphatic rings. The second-order valence-corrected chi connectivity index (χ2v) is 6.98. The highest BCUT2D eigenvalue weighted by atomic mass is 16.2. The molecule has 5 nitrogen and oxygen atoms in total. The van der Waals surface area contributed by atoms with Crippen LogP contribution in [-0.2, 0) is 14.4 Å². The highest BCUT2D eigenvalue weighted by molar-refractivity contribution is 6.07. The van der Waals surface area contributed by atoms with Crippen molar-refractivity contribution in [2.24, 2.45) is 5.41 Å². The molecule has 1 aliphatic heterocycles. The summed E-state index contributed by atoms with van der Waals surface area (Å²) >= 11 is 0. The Morgan fingerprint density at radius 2 is 1.91 bits per heavy atom. The average molecular weight is 316 g/mol. The van der Waals surface area contributed by atoms with Crippen LogP contribution in [0.1, 0.15) is 49.9 Å². The largest absolute Gasteiger partial charge is 0.348 e. The smallest absolute Gasteiger partial charge is 0.240 e. The third-order valence-electron chi connectivity index (χ3n) is 4.43. The van der Waals surface area contributed by atoms with E-state index in [1.807, 2.05) is 39.0 Å². The van der Waals surface area contributed by atoms with Crippen molar-refractivity contribution in [2.75, 3.05) is 6.54 Å². The minimum Gasteiger partial charge on any atom is -0.348 e. The molecule has 0 bridgehead atoms. The fourth-order valence-electron chi connectivity index (χ4n) is 2.74. The number of carbonyl (C=O) groups is 3. The highest BCUT2D eigenvalue weighted by Gasteiger charge is 2.45. The lowest BCUT2D eigenvalue weighted by atomic mass is 9.92. The lowest BCUT2D eigenvalue weighted by Crippen LogP contribution is -2.42. The Hall–Kier alpha value is -2.17. The average Bonchev–Trinajstić information content (AvgIpc) is 2.64. The summed E-state index contributed by atoms with van der Waals surface area (Å²) in [4.78, 5) is 37.3. The van der Waals surface area contributed by atoms with E-state index in [0.717, 1.165) is 16.0 Å². The van der Waals surface area contributed by atoms with Gasteiger partial charge in [-0.2, -0.15) is 0 Å². The van der Waals surface area contributed by atoms with Crippen molar-refractivity contribution in [3.63, 3.8) is 0 Å². The van der Waals surface area contributed by atoms with Crippen LogP contribution in [0.15, 0.2) is 18.2 Å². The van der Waals surface area contributed by atoms with Crippen LogP contribution in [0.5, 0.6) is 0 Å². The molecule has 1 fully saturated rings. The number of hydrogen-bond donors (Lipinski definition) is 1. The number of hydrogen-bond acceptors (Lipinski definition) is 3. The molecule has 5 heteroatoms. The molecule has 3 amide bonds. The van der Waals surface area contributed by atoms with Gasteiger partial charge in [0, 0.05) is 6.42 Å². The molecule has 0 radical (unpaired) electrons. The maximum atomic E-state index is 12.2. The van der Waals surface area contributed by atoms with Crippen molar-refractivity contribution >= 4 is 17.7 Å². The van der Waals surface area contributed by atoms with Crippen molar-refractivity contribution in [2.45, 2.75) is 47.1 Å². The maximum Gasteiger partial charge on any atom is 0.240 e. The van der Waals surface area contributed by atoms with Crippen LogP contribution in [0.25, 0.3) is 0 Å². The number of benzene rings is 1. The molecule has 0 aliphatic carbocycles. The van der Waals surface area contributed by atoms with Crippen LogP contribution in [0, 0.1) is 19.3 Å². The molecule has 0 unspecified atom stereocenters. The fourth-order valence-corrected chi connectivity index (χ4v) is 2.74. The van der Waals surface area contributed by atoms with Crippen LogP contribution < -0.4 is 5.32 Å². The van der Waals surface area contributed by atoms with E-state index in [1.165, 1.54) is 5.56 Å². The number of rotatable bonds is 4. The van der Waals surface area contributed by atoms with Crippen LogP contribution in [0.4, 0.5) is 0 Å². The Bertz CT molecular complexity index is 664. The Labute approximate surface area is 137 Å². The number of aryl methyl sites for hydroxylation is 2. The first-order chi connectivity index (χ1) is 10.6. The van der Waals surface area contributed by atoms with Gasteiger partial charge in [-0.05, 0) is 37.5 Å². The SMILES string of the molecule is Cc1ccc([C@H](C)NC(=O)CN2C(=O)CC(C)(C)C2=O)cc1C. The number of likely N-dealkylation sites (tertiary alicyclic amines) is 1. The van der Waals surface area contributed by atoms with Gasteiger partial charge in [0.1, 0.15) is 6.54 Å². The van der Waals surface area contributed by atoms with Gasteiger partial charge in [-0.15, -0.1) is 0 Å². The third kappa shape index (κ3) is 3.60. The van der Waals surface area contributed by atoms with E-state index < -0.39 is 5.41 Å². The van der Waals surface area contributed by atoms with Gasteiger partial charge in [-0.25, -0.2) is 0 Å². The van der Waals surface area contributed by atoms with Gasteiger partial charge in [-0.3, -0.25) is 19.3 Å². The van der Waals surface area contributed by atoms with Crippen molar-refractivity contribution in [1.29, 1.82) is 0 Å². The summed E-state index contributed by atoms with van der Waals surface area (Å²) in [5.41, 5.74) is 2.65. The summed E-state index contributed by atoms with van der Waals surface area (Å²) in [6.45, 7) is 9.19. The second kappa shape index (κ2) is 6.14. The Morgan fingerprint density at radius 1 is 1.26 bits per heavy atom. The number of amides is 3. The first-order valence-electron chi connectivity index (χ1n) is 7.83. The Balaban J connectivity index is 2.01. The van der Waals surface area contributed by atoms with Crippen LogP contribution >= 0.6 is 0 Å². The first kappa shape index (κ1) is 17.2. The molecule has 1 heterocycles. The van der Waals surface area contributed by atoms with Gasteiger partial charge in [0.05, 0.1) is 11.5 Å². The first-order valence-corrected chi connectivity index (χ1v) is 7.83. The molecular weight excluding hydrogens is 292 g/mol. The van der Waals surface area contributed by atoms with Crippen LogP contribution in [-0.4, -0.2) is 29.2 Å². The van der Waals surface area contributed by atoms with E-state index in [0.29, 0.717) is 0 Å². The van der Waals surface area contributed by atoms with Gasteiger partial charge in [0.25, 0.3) is 0 Å². The molecule has 1 saturated heterocycles. The summed E-state index contributed by atoms with van der Waals surface area (Å²) in [5, 5.41) is 2.85. The maximum absolute atomic E-state index is 12.2. The fraction of sp³-hybridized carbons (Fsp3) is 0.500. The molecule has 2 rings (SSSR count). The van der Waals surface area contributed by atoms with E-state index in [2.05, 4.69) is 5.32 Å². The van der Waals surface area contributed by atoms with E-state index >= 15 is 0 Å². The Kier molecular flexibility index (Phi) is 4.59. The van der Waals surface area contributed by atoms with Crippen molar-refractivity contribution in [3.8, 4) is 0 Å². The number of nitrogens with zero attached hydrogens (tertiary/aromatic N) is 1. The van der Waals surface area contributed by atoms with E-state index in [1.54, 1.807) is 13.8 Å². The lowest BCUT2D eigenvalue weighted by Gasteiger charge is -2.20. The number of imide groups is 1.